The molecule has 2 radical (unpaired) electrons. The molecule has 0 rings (SSSR count). The first-order chi connectivity index (χ1) is 2.00. The van der Waals surface area contributed by atoms with Gasteiger partial charge in [0.15, 0.2) is 0 Å². The van der Waals surface area contributed by atoms with E-state index >= 15 is 0 Å². The molecular formula is H4F2GeSi. The Morgan fingerprint density at radius 3 is 1.25 bits per heavy atom. The van der Waals surface area contributed by atoms with Crippen LogP contribution in [0.5, 0.6) is 0 Å². The van der Waals surface area contributed by atoms with Crippen LogP contribution in [0, 0.1) is 0 Å². The van der Waals surface area contributed by atoms with E-state index in [-0.39, 0.29) is 17.0 Å². The van der Waals surface area contributed by atoms with Gasteiger partial charge in [-0.15, -0.1) is 0 Å². The summed E-state index contributed by atoms with van der Waals surface area (Å²) in [6.45, 7) is 0. The number of hydrogen-bond donors (Lipinski definition) is 0. The molecule has 0 saturated heterocycles. The topological polar surface area (TPSA) is 0 Å². The van der Waals surface area contributed by atoms with Crippen molar-refractivity contribution in [2.45, 2.75) is 0 Å². The fourth-order valence-corrected chi connectivity index (χ4v) is 0. The number of hydrogen-bond acceptors (Lipinski definition) is 0. The van der Waals surface area contributed by atoms with Crippen molar-refractivity contribution in [1.29, 1.82) is 0 Å². The Morgan fingerprint density at radius 2 is 1.25 bits per heavy atom. The molecule has 0 aliphatic heterocycles. The molecule has 0 aliphatic rings. The van der Waals surface area contributed by atoms with Crippen molar-refractivity contribution in [3.63, 3.8) is 0 Å². The molecule has 0 nitrogen and oxygen atoms in total. The van der Waals surface area contributed by atoms with Crippen molar-refractivity contribution < 1.29 is 7.61 Å². The van der Waals surface area contributed by atoms with E-state index in [1.54, 1.807) is 0 Å². The Balaban J connectivity index is 0. The Bertz CT molecular complexity index is 6.00. The molecule has 0 atom stereocenters. The van der Waals surface area contributed by atoms with Crippen LogP contribution < -0.4 is 0 Å². The predicted molar refractivity (Wildman–Crippen MR) is 19.3 cm³/mol. The summed E-state index contributed by atoms with van der Waals surface area (Å²) in [6, 6.07) is 0. The van der Waals surface area contributed by atoms with Crippen LogP contribution in [0.1, 0.15) is 0 Å². The molecular weight excluding hydrogens is 139 g/mol. The van der Waals surface area contributed by atoms with Crippen molar-refractivity contribution >= 4 is 27.6 Å². The van der Waals surface area contributed by atoms with E-state index in [9.17, 15) is 7.61 Å². The minimum atomic E-state index is -0.125. The molecule has 26 valence electrons. The van der Waals surface area contributed by atoms with Gasteiger partial charge in [-0.25, -0.2) is 0 Å². The van der Waals surface area contributed by atoms with Crippen molar-refractivity contribution in [1.82, 2.24) is 0 Å². The minimum absolute atomic E-state index is 0.125. The average Bonchev–Trinajstić information content (AvgIpc) is 1.50. The summed E-state index contributed by atoms with van der Waals surface area (Å²) in [5.74, 6) is 0. The predicted octanol–water partition coefficient (Wildman–Crippen LogP) is -0.992. The Hall–Kier alpha value is 0.620. The van der Waals surface area contributed by atoms with Gasteiger partial charge >= 0.3 is 20.5 Å². The molecule has 0 aromatic heterocycles. The van der Waals surface area contributed by atoms with Crippen LogP contribution >= 0.6 is 0 Å². The maximum absolute atomic E-state index is 9.62. The van der Waals surface area contributed by atoms with Gasteiger partial charge in [0, 0.05) is 0 Å². The molecule has 0 amide bonds. The summed E-state index contributed by atoms with van der Waals surface area (Å²) in [4.78, 5) is 0. The summed E-state index contributed by atoms with van der Waals surface area (Å²) in [5, 5.41) is 0. The van der Waals surface area contributed by atoms with Gasteiger partial charge in [-0.3, -0.25) is 0 Å². The van der Waals surface area contributed by atoms with Gasteiger partial charge in [0.25, 0.3) is 0 Å². The van der Waals surface area contributed by atoms with E-state index in [0.717, 1.165) is 0 Å². The molecule has 0 N–H and O–H groups in total. The van der Waals surface area contributed by atoms with Crippen LogP contribution in [0.4, 0.5) is 7.61 Å². The van der Waals surface area contributed by atoms with Gasteiger partial charge in [-0.1, -0.05) is 0 Å². The number of rotatable bonds is 0. The molecule has 0 aliphatic carbocycles. The van der Waals surface area contributed by atoms with Crippen molar-refractivity contribution in [2.24, 2.45) is 0 Å². The second kappa shape index (κ2) is 64.7. The average molecular weight is 143 g/mol. The maximum atomic E-state index is 9.62. The van der Waals surface area contributed by atoms with Crippen LogP contribution in [0.25, 0.3) is 0 Å². The quantitative estimate of drug-likeness (QED) is 0.301. The molecule has 0 unspecified atom stereocenters. The van der Waals surface area contributed by atoms with Crippen molar-refractivity contribution in [3.8, 4) is 0 Å². The van der Waals surface area contributed by atoms with E-state index < -0.39 is 0 Å². The third-order valence-corrected chi connectivity index (χ3v) is 0. The molecule has 4 heavy (non-hydrogen) atoms. The molecule has 4 heteroatoms. The standard InChI is InChI=1S/FGeH2.FH2Si/c2*1-2/h2*2H2. The fourth-order valence-electron chi connectivity index (χ4n) is 0. The molecule has 0 spiro atoms. The van der Waals surface area contributed by atoms with Gasteiger partial charge in [0.2, 0.25) is 10.6 Å². The van der Waals surface area contributed by atoms with Crippen LogP contribution in [0.3, 0.4) is 0 Å². The Morgan fingerprint density at radius 1 is 1.25 bits per heavy atom. The van der Waals surface area contributed by atoms with Crippen LogP contribution in [0.2, 0.25) is 0 Å². The summed E-state index contributed by atoms with van der Waals surface area (Å²) >= 11 is -0.125. The third-order valence-electron chi connectivity index (χ3n) is 0. The van der Waals surface area contributed by atoms with E-state index in [4.69, 9.17) is 0 Å². The summed E-state index contributed by atoms with van der Waals surface area (Å²) < 4.78 is 19.2. The zero-order valence-corrected chi connectivity index (χ0v) is 6.55. The Kier molecular flexibility index (Phi) is 143. The van der Waals surface area contributed by atoms with Crippen LogP contribution in [-0.2, 0) is 0 Å². The summed E-state index contributed by atoms with van der Waals surface area (Å²) in [5.41, 5.74) is 0. The van der Waals surface area contributed by atoms with Gasteiger partial charge in [-0.05, 0) is 0 Å². The summed E-state index contributed by atoms with van der Waals surface area (Å²) in [6.07, 6.45) is 0. The molecule has 0 fully saturated rings. The van der Waals surface area contributed by atoms with Gasteiger partial charge in [0.05, 0.1) is 0 Å². The Labute approximate surface area is 35.9 Å². The molecule has 0 saturated carbocycles. The SMILES string of the molecule is F[SiH2].[F][GeH2]. The van der Waals surface area contributed by atoms with E-state index in [0.29, 0.717) is 10.6 Å². The fraction of sp³-hybridized carbons (Fsp3) is 0. The molecule has 0 heterocycles. The first kappa shape index (κ1) is 8.82. The van der Waals surface area contributed by atoms with Gasteiger partial charge < -0.3 is 4.11 Å². The normalized spacial score (nSPS) is 3.00. The molecule has 0 aromatic carbocycles. The second-order valence-corrected chi connectivity index (χ2v) is 0. The molecule has 0 bridgehead atoms. The van der Waals surface area contributed by atoms with E-state index in [1.807, 2.05) is 0 Å². The second-order valence-electron chi connectivity index (χ2n) is 0. The van der Waals surface area contributed by atoms with E-state index in [2.05, 4.69) is 0 Å². The molecule has 0 aromatic rings. The van der Waals surface area contributed by atoms with Crippen molar-refractivity contribution in [2.75, 3.05) is 0 Å². The monoisotopic (exact) mass is 144 g/mol. The zero-order chi connectivity index (χ0) is 4.00. The van der Waals surface area contributed by atoms with Crippen LogP contribution in [-0.4, -0.2) is 27.6 Å². The zero-order valence-electron chi connectivity index (χ0n) is 2.17. The van der Waals surface area contributed by atoms with Gasteiger partial charge in [-0.2, -0.15) is 0 Å². The van der Waals surface area contributed by atoms with Crippen LogP contribution in [0.15, 0.2) is 0 Å². The van der Waals surface area contributed by atoms with Gasteiger partial charge in [0.1, 0.15) is 0 Å². The third kappa shape index (κ3) is 17.9. The first-order valence-electron chi connectivity index (χ1n) is 0.535. The number of halogens is 2. The van der Waals surface area contributed by atoms with Crippen molar-refractivity contribution in [3.05, 3.63) is 0 Å². The summed E-state index contributed by atoms with van der Waals surface area (Å²) in [7, 11) is 0.361. The van der Waals surface area contributed by atoms with E-state index in [1.165, 1.54) is 0 Å². The first-order valence-corrected chi connectivity index (χ1v) is 2.19.